The molecule has 0 spiro atoms. The quantitative estimate of drug-likeness (QED) is 0.217. The van der Waals surface area contributed by atoms with Gasteiger partial charge in [0.2, 0.25) is 0 Å². The molecule has 25 heavy (non-hydrogen) atoms. The van der Waals surface area contributed by atoms with E-state index in [1.54, 1.807) is 12.1 Å². The van der Waals surface area contributed by atoms with Gasteiger partial charge in [-0.15, -0.1) is 0 Å². The van der Waals surface area contributed by atoms with Gasteiger partial charge in [0.15, 0.2) is 11.0 Å². The summed E-state index contributed by atoms with van der Waals surface area (Å²) in [6.45, 7) is 4.92. The van der Waals surface area contributed by atoms with Crippen molar-refractivity contribution in [2.75, 3.05) is 19.8 Å². The van der Waals surface area contributed by atoms with Gasteiger partial charge in [-0.2, -0.15) is 4.39 Å². The summed E-state index contributed by atoms with van der Waals surface area (Å²) in [6, 6.07) is 3.32. The number of unbranched alkanes of at least 4 members (excludes halogenated alkanes) is 2. The number of rotatable bonds is 11. The molecule has 0 aliphatic heterocycles. The van der Waals surface area contributed by atoms with Crippen LogP contribution in [0.2, 0.25) is 5.02 Å². The van der Waals surface area contributed by atoms with Crippen LogP contribution in [-0.2, 0) is 4.84 Å². The van der Waals surface area contributed by atoms with Crippen LogP contribution in [0.3, 0.4) is 0 Å². The number of hydrogen-bond donors (Lipinski definition) is 0. The lowest BCUT2D eigenvalue weighted by molar-refractivity contribution is 0.138. The molecule has 1 rings (SSSR count). The zero-order valence-corrected chi connectivity index (χ0v) is 17.3. The summed E-state index contributed by atoms with van der Waals surface area (Å²) in [6.07, 6.45) is 3.86. The van der Waals surface area contributed by atoms with Gasteiger partial charge in [-0.05, 0) is 55.1 Å². The van der Waals surface area contributed by atoms with Crippen molar-refractivity contribution in [3.05, 3.63) is 33.0 Å². The Morgan fingerprint density at radius 3 is 2.56 bits per heavy atom. The van der Waals surface area contributed by atoms with Crippen LogP contribution in [0.5, 0.6) is 11.5 Å². The molecule has 0 fully saturated rings. The topological polar surface area (TPSA) is 40.0 Å². The van der Waals surface area contributed by atoms with Crippen LogP contribution in [0.1, 0.15) is 33.1 Å². The van der Waals surface area contributed by atoms with Crippen molar-refractivity contribution in [1.82, 2.24) is 0 Å². The third kappa shape index (κ3) is 9.92. The van der Waals surface area contributed by atoms with Crippen LogP contribution in [-0.4, -0.2) is 25.5 Å². The summed E-state index contributed by atoms with van der Waals surface area (Å²) >= 11 is 14.7. The monoisotopic (exact) mass is 455 g/mol. The van der Waals surface area contributed by atoms with Gasteiger partial charge in [-0.3, -0.25) is 0 Å². The molecule has 0 unspecified atom stereocenters. The van der Waals surface area contributed by atoms with E-state index in [0.29, 0.717) is 34.2 Å². The van der Waals surface area contributed by atoms with E-state index in [4.69, 9.17) is 37.5 Å². The number of nitrogens with zero attached hydrogens (tertiary/aromatic N) is 1. The Morgan fingerprint density at radius 1 is 1.20 bits per heavy atom. The molecule has 1 aromatic rings. The van der Waals surface area contributed by atoms with Crippen LogP contribution in [0, 0.1) is 0 Å². The first kappa shape index (κ1) is 22.1. The van der Waals surface area contributed by atoms with Crippen LogP contribution < -0.4 is 9.47 Å². The number of oxime groups is 1. The summed E-state index contributed by atoms with van der Waals surface area (Å²) in [5, 5.41) is 3.47. The fourth-order valence-corrected chi connectivity index (χ4v) is 2.75. The van der Waals surface area contributed by atoms with Crippen LogP contribution >= 0.6 is 39.1 Å². The Morgan fingerprint density at radius 2 is 1.92 bits per heavy atom. The molecule has 8 heteroatoms. The highest BCUT2D eigenvalue weighted by molar-refractivity contribution is 9.10. The molecule has 0 aromatic heterocycles. The van der Waals surface area contributed by atoms with E-state index in [1.807, 2.05) is 13.8 Å². The molecule has 140 valence electrons. The van der Waals surface area contributed by atoms with Crippen molar-refractivity contribution in [1.29, 1.82) is 0 Å². The third-order valence-corrected chi connectivity index (χ3v) is 3.86. The smallest absolute Gasteiger partial charge is 0.188 e. The molecule has 0 atom stereocenters. The summed E-state index contributed by atoms with van der Waals surface area (Å²) in [7, 11) is 0. The molecule has 1 aromatic carbocycles. The van der Waals surface area contributed by atoms with E-state index in [-0.39, 0.29) is 6.61 Å². The van der Waals surface area contributed by atoms with E-state index in [9.17, 15) is 4.39 Å². The van der Waals surface area contributed by atoms with Gasteiger partial charge in [0.05, 0.1) is 21.8 Å². The summed E-state index contributed by atoms with van der Waals surface area (Å²) in [4.78, 5) is 5.13. The number of hydrogen-bond acceptors (Lipinski definition) is 4. The Bertz CT molecular complexity index is 581. The van der Waals surface area contributed by atoms with Gasteiger partial charge in [-0.1, -0.05) is 28.4 Å². The van der Waals surface area contributed by atoms with Gasteiger partial charge in [0.1, 0.15) is 19.0 Å². The van der Waals surface area contributed by atoms with E-state index < -0.39 is 5.29 Å². The molecular weight excluding hydrogens is 436 g/mol. The van der Waals surface area contributed by atoms with E-state index in [1.165, 1.54) is 0 Å². The summed E-state index contributed by atoms with van der Waals surface area (Å²) in [5.74, 6) is 1.04. The van der Waals surface area contributed by atoms with Gasteiger partial charge >= 0.3 is 0 Å². The third-order valence-electron chi connectivity index (χ3n) is 2.83. The lowest BCUT2D eigenvalue weighted by atomic mass is 10.2. The Labute approximate surface area is 166 Å². The van der Waals surface area contributed by atoms with Crippen molar-refractivity contribution in [2.45, 2.75) is 33.1 Å². The zero-order chi connectivity index (χ0) is 18.7. The largest absolute Gasteiger partial charge is 0.491 e. The van der Waals surface area contributed by atoms with Gasteiger partial charge in [0, 0.05) is 12.1 Å². The van der Waals surface area contributed by atoms with E-state index in [2.05, 4.69) is 21.1 Å². The predicted molar refractivity (Wildman–Crippen MR) is 104 cm³/mol. The molecule has 0 aliphatic rings. The Balaban J connectivity index is 2.36. The van der Waals surface area contributed by atoms with Crippen LogP contribution in [0.15, 0.2) is 33.1 Å². The molecule has 0 N–H and O–H groups in total. The molecule has 0 radical (unpaired) electrons. The molecule has 0 saturated heterocycles. The Kier molecular flexibility index (Phi) is 10.9. The van der Waals surface area contributed by atoms with Gasteiger partial charge in [0.25, 0.3) is 0 Å². The fourth-order valence-electron chi connectivity index (χ4n) is 1.75. The van der Waals surface area contributed by atoms with Crippen molar-refractivity contribution < 1.29 is 18.7 Å². The van der Waals surface area contributed by atoms with Gasteiger partial charge in [-0.25, -0.2) is 0 Å². The highest BCUT2D eigenvalue weighted by atomic mass is 79.9. The van der Waals surface area contributed by atoms with Crippen molar-refractivity contribution in [3.8, 4) is 11.5 Å². The second-order valence-corrected chi connectivity index (χ2v) is 6.92. The molecule has 4 nitrogen and oxygen atoms in total. The number of ether oxygens (including phenoxy) is 2. The average molecular weight is 457 g/mol. The second-order valence-electron chi connectivity index (χ2n) is 5.30. The maximum atomic E-state index is 12.4. The van der Waals surface area contributed by atoms with E-state index >= 15 is 0 Å². The van der Waals surface area contributed by atoms with Crippen molar-refractivity contribution in [3.63, 3.8) is 0 Å². The molecular formula is C17H21BrCl2FNO3. The zero-order valence-electron chi connectivity index (χ0n) is 14.2. The minimum Gasteiger partial charge on any atom is -0.491 e. The lowest BCUT2D eigenvalue weighted by Gasteiger charge is -2.12. The van der Waals surface area contributed by atoms with Gasteiger partial charge < -0.3 is 14.3 Å². The summed E-state index contributed by atoms with van der Waals surface area (Å²) in [5.41, 5.74) is 0.902. The lowest BCUT2D eigenvalue weighted by Crippen LogP contribution is -2.01. The number of benzene rings is 1. The first-order valence-corrected chi connectivity index (χ1v) is 9.34. The Hall–Kier alpha value is -0.980. The molecule has 0 aliphatic carbocycles. The standard InChI is InChI=1S/C17H21BrCl2FNO3/c1-12(2)22-25-8-5-3-4-7-24-17-14(18)10-13(11-15(17)19)23-9-6-16(20)21/h6,10-11H,3-5,7-9H2,1-2H3/b16-6-. The number of halogens is 4. The summed E-state index contributed by atoms with van der Waals surface area (Å²) < 4.78 is 24.1. The highest BCUT2D eigenvalue weighted by Gasteiger charge is 2.10. The van der Waals surface area contributed by atoms with E-state index in [0.717, 1.165) is 31.1 Å². The minimum atomic E-state index is -0.813. The maximum absolute atomic E-state index is 12.4. The van der Waals surface area contributed by atoms with Crippen molar-refractivity contribution >= 4 is 44.8 Å². The normalized spacial score (nSPS) is 11.2. The second kappa shape index (κ2) is 12.4. The molecule has 0 amide bonds. The predicted octanol–water partition coefficient (Wildman–Crippen LogP) is 6.49. The molecule has 0 bridgehead atoms. The first-order chi connectivity index (χ1) is 11.9. The SMILES string of the molecule is CC(C)=NOCCCCCOc1c(Cl)cc(OC/C=C(\F)Cl)cc1Br. The minimum absolute atomic E-state index is 0.0159. The van der Waals surface area contributed by atoms with Crippen LogP contribution in [0.25, 0.3) is 0 Å². The average Bonchev–Trinajstić information content (AvgIpc) is 2.51. The first-order valence-electron chi connectivity index (χ1n) is 7.79. The van der Waals surface area contributed by atoms with Crippen LogP contribution in [0.4, 0.5) is 4.39 Å². The molecule has 0 saturated carbocycles. The molecule has 0 heterocycles. The fraction of sp³-hybridized carbons (Fsp3) is 0.471. The highest BCUT2D eigenvalue weighted by Crippen LogP contribution is 2.37. The van der Waals surface area contributed by atoms with Crippen molar-refractivity contribution in [2.24, 2.45) is 5.16 Å². The maximum Gasteiger partial charge on any atom is 0.188 e.